The average molecular weight is 403 g/mol. The number of hydrogen-bond acceptors (Lipinski definition) is 5. The van der Waals surface area contributed by atoms with Crippen molar-refractivity contribution in [2.45, 2.75) is 19.4 Å². The Bertz CT molecular complexity index is 1210. The zero-order chi connectivity index (χ0) is 20.3. The Morgan fingerprint density at radius 3 is 2.47 bits per heavy atom. The van der Waals surface area contributed by atoms with Crippen LogP contribution in [0.15, 0.2) is 59.5 Å². The molecule has 3 heterocycles. The minimum atomic E-state index is 0.00736. The van der Waals surface area contributed by atoms with Gasteiger partial charge in [-0.1, -0.05) is 30.3 Å². The van der Waals surface area contributed by atoms with Crippen LogP contribution in [-0.4, -0.2) is 57.6 Å². The number of rotatable bonds is 6. The van der Waals surface area contributed by atoms with Crippen molar-refractivity contribution < 1.29 is 0 Å². The zero-order valence-corrected chi connectivity index (χ0v) is 17.0. The third-order valence-electron chi connectivity index (χ3n) is 5.98. The number of piperazine rings is 1. The number of benzene rings is 2. The highest BCUT2D eigenvalue weighted by Gasteiger charge is 2.20. The van der Waals surface area contributed by atoms with Crippen LogP contribution in [0.3, 0.4) is 0 Å². The molecule has 1 aliphatic rings. The predicted molar refractivity (Wildman–Crippen MR) is 120 cm³/mol. The van der Waals surface area contributed by atoms with Gasteiger partial charge < -0.3 is 4.90 Å². The zero-order valence-electron chi connectivity index (χ0n) is 17.0. The molecule has 0 saturated carbocycles. The summed E-state index contributed by atoms with van der Waals surface area (Å²) in [5, 5.41) is 14.8. The molecular weight excluding hydrogens is 376 g/mol. The van der Waals surface area contributed by atoms with E-state index in [1.807, 2.05) is 30.3 Å². The lowest BCUT2D eigenvalue weighted by Crippen LogP contribution is -2.46. The van der Waals surface area contributed by atoms with E-state index in [-0.39, 0.29) is 5.56 Å². The van der Waals surface area contributed by atoms with Gasteiger partial charge in [-0.05, 0) is 37.6 Å². The van der Waals surface area contributed by atoms with Crippen molar-refractivity contribution in [2.75, 3.05) is 37.6 Å². The van der Waals surface area contributed by atoms with Crippen LogP contribution in [0, 0.1) is 0 Å². The Morgan fingerprint density at radius 2 is 1.60 bits per heavy atom. The van der Waals surface area contributed by atoms with Crippen molar-refractivity contribution in [3.05, 3.63) is 65.1 Å². The molecule has 5 rings (SSSR count). The third kappa shape index (κ3) is 3.68. The number of nitrogens with zero attached hydrogens (tertiary/aromatic N) is 5. The lowest BCUT2D eigenvalue weighted by molar-refractivity contribution is 0.250. The highest BCUT2D eigenvalue weighted by Crippen LogP contribution is 2.24. The summed E-state index contributed by atoms with van der Waals surface area (Å²) in [5.41, 5.74) is 1.10. The normalized spacial score (nSPS) is 15.3. The number of fused-ring (bicyclic) bond motifs is 2. The van der Waals surface area contributed by atoms with Gasteiger partial charge in [-0.15, -0.1) is 0 Å². The second-order valence-corrected chi connectivity index (χ2v) is 7.89. The number of unbranched alkanes of at least 4 members (excludes halogenated alkanes) is 1. The molecule has 30 heavy (non-hydrogen) atoms. The van der Waals surface area contributed by atoms with Crippen molar-refractivity contribution in [3.8, 4) is 0 Å². The molecule has 1 fully saturated rings. The molecule has 1 saturated heterocycles. The maximum absolute atomic E-state index is 12.5. The molecule has 0 amide bonds. The van der Waals surface area contributed by atoms with Crippen molar-refractivity contribution in [2.24, 2.45) is 0 Å². The van der Waals surface area contributed by atoms with E-state index in [4.69, 9.17) is 0 Å². The van der Waals surface area contributed by atoms with Crippen LogP contribution in [0.25, 0.3) is 21.7 Å². The van der Waals surface area contributed by atoms with Crippen LogP contribution in [0.2, 0.25) is 0 Å². The Labute approximate surface area is 174 Å². The Morgan fingerprint density at radius 1 is 0.867 bits per heavy atom. The van der Waals surface area contributed by atoms with Gasteiger partial charge in [0.1, 0.15) is 0 Å². The van der Waals surface area contributed by atoms with Gasteiger partial charge in [0.15, 0.2) is 5.82 Å². The van der Waals surface area contributed by atoms with Crippen LogP contribution >= 0.6 is 0 Å². The minimum Gasteiger partial charge on any atom is -0.352 e. The van der Waals surface area contributed by atoms with E-state index in [2.05, 4.69) is 43.3 Å². The SMILES string of the molecule is O=c1c2ccccc2cnn1CCCCN1CCN(c2n[nH]c3ccccc23)CC1. The summed E-state index contributed by atoms with van der Waals surface area (Å²) in [6.45, 7) is 5.77. The van der Waals surface area contributed by atoms with Crippen LogP contribution in [0.1, 0.15) is 12.8 Å². The number of H-pyrrole nitrogens is 1. The minimum absolute atomic E-state index is 0.00736. The molecule has 7 nitrogen and oxygen atoms in total. The van der Waals surface area contributed by atoms with E-state index in [9.17, 15) is 4.79 Å². The van der Waals surface area contributed by atoms with Gasteiger partial charge in [0.05, 0.1) is 17.1 Å². The number of hydrogen-bond donors (Lipinski definition) is 1. The average Bonchev–Trinajstić information content (AvgIpc) is 3.23. The van der Waals surface area contributed by atoms with E-state index in [1.165, 1.54) is 5.39 Å². The molecule has 1 N–H and O–H groups in total. The first-order chi connectivity index (χ1) is 14.8. The molecule has 154 valence electrons. The van der Waals surface area contributed by atoms with Crippen LogP contribution in [-0.2, 0) is 6.54 Å². The Balaban J connectivity index is 1.11. The summed E-state index contributed by atoms with van der Waals surface area (Å²) in [6.07, 6.45) is 3.80. The number of aromatic amines is 1. The standard InChI is InChI=1S/C23H26N6O/c30-23-19-8-2-1-7-18(19)17-24-29(23)12-6-5-11-27-13-15-28(16-14-27)22-20-9-3-4-10-21(20)25-26-22/h1-4,7-10,17H,5-6,11-16H2,(H,25,26). The highest BCUT2D eigenvalue weighted by molar-refractivity contribution is 5.90. The van der Waals surface area contributed by atoms with E-state index in [1.54, 1.807) is 10.9 Å². The van der Waals surface area contributed by atoms with Crippen molar-refractivity contribution in [1.82, 2.24) is 24.9 Å². The van der Waals surface area contributed by atoms with Gasteiger partial charge in [0.2, 0.25) is 0 Å². The summed E-state index contributed by atoms with van der Waals surface area (Å²) in [6, 6.07) is 15.9. The smallest absolute Gasteiger partial charge is 0.274 e. The summed E-state index contributed by atoms with van der Waals surface area (Å²) in [5.74, 6) is 1.06. The molecule has 4 aromatic rings. The summed E-state index contributed by atoms with van der Waals surface area (Å²) < 4.78 is 1.60. The van der Waals surface area contributed by atoms with Crippen LogP contribution in [0.4, 0.5) is 5.82 Å². The molecule has 2 aromatic heterocycles. The van der Waals surface area contributed by atoms with Crippen molar-refractivity contribution in [3.63, 3.8) is 0 Å². The fourth-order valence-electron chi connectivity index (χ4n) is 4.26. The van der Waals surface area contributed by atoms with Crippen molar-refractivity contribution in [1.29, 1.82) is 0 Å². The lowest BCUT2D eigenvalue weighted by Gasteiger charge is -2.35. The lowest BCUT2D eigenvalue weighted by atomic mass is 10.2. The predicted octanol–water partition coefficient (Wildman–Crippen LogP) is 2.88. The first-order valence-electron chi connectivity index (χ1n) is 10.6. The number of nitrogens with one attached hydrogen (secondary N) is 1. The Kier molecular flexibility index (Phi) is 5.19. The van der Waals surface area contributed by atoms with Crippen molar-refractivity contribution >= 4 is 27.5 Å². The number of para-hydroxylation sites is 1. The fourth-order valence-corrected chi connectivity index (χ4v) is 4.26. The molecule has 0 aliphatic carbocycles. The topological polar surface area (TPSA) is 70.1 Å². The van der Waals surface area contributed by atoms with Gasteiger partial charge in [-0.3, -0.25) is 14.8 Å². The molecule has 0 spiro atoms. The van der Waals surface area contributed by atoms with Crippen LogP contribution in [0.5, 0.6) is 0 Å². The second kappa shape index (κ2) is 8.28. The maximum Gasteiger partial charge on any atom is 0.274 e. The van der Waals surface area contributed by atoms with E-state index in [0.29, 0.717) is 6.54 Å². The second-order valence-electron chi connectivity index (χ2n) is 7.89. The van der Waals surface area contributed by atoms with E-state index in [0.717, 1.165) is 67.7 Å². The number of anilines is 1. The molecule has 2 aromatic carbocycles. The summed E-state index contributed by atoms with van der Waals surface area (Å²) in [4.78, 5) is 17.4. The maximum atomic E-state index is 12.5. The molecular formula is C23H26N6O. The molecule has 0 unspecified atom stereocenters. The number of aryl methyl sites for hydroxylation is 1. The Hall–Kier alpha value is -3.19. The van der Waals surface area contributed by atoms with Crippen LogP contribution < -0.4 is 10.5 Å². The first-order valence-corrected chi connectivity index (χ1v) is 10.6. The molecule has 0 radical (unpaired) electrons. The monoisotopic (exact) mass is 402 g/mol. The molecule has 0 atom stereocenters. The van der Waals surface area contributed by atoms with E-state index >= 15 is 0 Å². The highest BCUT2D eigenvalue weighted by atomic mass is 16.1. The van der Waals surface area contributed by atoms with Gasteiger partial charge in [-0.25, -0.2) is 4.68 Å². The van der Waals surface area contributed by atoms with Gasteiger partial charge in [0, 0.05) is 43.5 Å². The largest absolute Gasteiger partial charge is 0.352 e. The molecule has 0 bridgehead atoms. The first kappa shape index (κ1) is 18.8. The van der Waals surface area contributed by atoms with Gasteiger partial charge in [-0.2, -0.15) is 10.2 Å². The molecule has 1 aliphatic heterocycles. The fraction of sp³-hybridized carbons (Fsp3) is 0.348. The van der Waals surface area contributed by atoms with Gasteiger partial charge in [0.25, 0.3) is 5.56 Å². The van der Waals surface area contributed by atoms with Gasteiger partial charge >= 0.3 is 0 Å². The summed E-state index contributed by atoms with van der Waals surface area (Å²) in [7, 11) is 0. The number of aromatic nitrogens is 4. The quantitative estimate of drug-likeness (QED) is 0.502. The molecule has 7 heteroatoms. The summed E-state index contributed by atoms with van der Waals surface area (Å²) >= 11 is 0. The van der Waals surface area contributed by atoms with E-state index < -0.39 is 0 Å². The third-order valence-corrected chi connectivity index (χ3v) is 5.98.